The van der Waals surface area contributed by atoms with Crippen LogP contribution in [0.5, 0.6) is 0 Å². The van der Waals surface area contributed by atoms with Gasteiger partial charge in [0.1, 0.15) is 11.6 Å². The van der Waals surface area contributed by atoms with E-state index in [1.165, 1.54) is 0 Å². The number of nitrogens with one attached hydrogen (secondary N) is 2. The molecule has 38 heavy (non-hydrogen) atoms. The minimum atomic E-state index is -0.885. The number of para-hydroxylation sites is 1. The Balaban J connectivity index is 1.76. The van der Waals surface area contributed by atoms with Gasteiger partial charge in [-0.25, -0.2) is 4.79 Å². The highest BCUT2D eigenvalue weighted by Gasteiger charge is 2.33. The van der Waals surface area contributed by atoms with Gasteiger partial charge in [-0.3, -0.25) is 14.4 Å². The number of rotatable bonds is 8. The highest BCUT2D eigenvalue weighted by Crippen LogP contribution is 2.29. The second-order valence-electron chi connectivity index (χ2n) is 11.4. The molecule has 0 radical (unpaired) electrons. The van der Waals surface area contributed by atoms with Crippen LogP contribution < -0.4 is 21.3 Å². The predicted molar refractivity (Wildman–Crippen MR) is 145 cm³/mol. The molecule has 0 saturated heterocycles. The molecule has 0 saturated carbocycles. The van der Waals surface area contributed by atoms with Gasteiger partial charge in [-0.1, -0.05) is 42.5 Å². The topological polar surface area (TPSA) is 131 Å². The molecule has 4 N–H and O–H groups in total. The number of hydrogen-bond donors (Lipinski definition) is 3. The zero-order valence-electron chi connectivity index (χ0n) is 22.8. The summed E-state index contributed by atoms with van der Waals surface area (Å²) in [6.45, 7) is 9.03. The normalized spacial score (nSPS) is 15.8. The monoisotopic (exact) mass is 522 g/mol. The van der Waals surface area contributed by atoms with Crippen molar-refractivity contribution in [2.45, 2.75) is 84.0 Å². The van der Waals surface area contributed by atoms with Gasteiger partial charge < -0.3 is 26.0 Å². The number of hydrogen-bond acceptors (Lipinski definition) is 5. The van der Waals surface area contributed by atoms with Gasteiger partial charge in [-0.2, -0.15) is 0 Å². The molecule has 0 fully saturated rings. The van der Waals surface area contributed by atoms with Gasteiger partial charge in [0.25, 0.3) is 0 Å². The molecular formula is C29H38N4O5. The predicted octanol–water partition coefficient (Wildman–Crippen LogP) is 3.37. The fourth-order valence-corrected chi connectivity index (χ4v) is 4.51. The van der Waals surface area contributed by atoms with E-state index in [1.54, 1.807) is 39.5 Å². The van der Waals surface area contributed by atoms with Gasteiger partial charge in [0, 0.05) is 17.6 Å². The summed E-state index contributed by atoms with van der Waals surface area (Å²) in [7, 11) is 0. The molecule has 2 aromatic carbocycles. The van der Waals surface area contributed by atoms with Crippen molar-refractivity contribution in [2.75, 3.05) is 4.90 Å². The summed E-state index contributed by atoms with van der Waals surface area (Å²) >= 11 is 0. The van der Waals surface area contributed by atoms with Gasteiger partial charge in [-0.05, 0) is 70.2 Å². The first-order valence-corrected chi connectivity index (χ1v) is 12.8. The Bertz CT molecular complexity index is 1200. The van der Waals surface area contributed by atoms with Crippen LogP contribution in [0.4, 0.5) is 10.5 Å². The van der Waals surface area contributed by atoms with E-state index in [0.717, 1.165) is 22.4 Å². The number of anilines is 1. The maximum Gasteiger partial charge on any atom is 0.408 e. The maximum absolute atomic E-state index is 13.8. The number of alkyl carbamates (subject to hydrolysis) is 1. The Morgan fingerprint density at radius 1 is 1.03 bits per heavy atom. The fraction of sp³-hybridized carbons (Fsp3) is 0.448. The first kappa shape index (κ1) is 28.7. The Kier molecular flexibility index (Phi) is 8.81. The van der Waals surface area contributed by atoms with Crippen LogP contribution in [0.3, 0.4) is 0 Å². The third-order valence-corrected chi connectivity index (χ3v) is 6.04. The lowest BCUT2D eigenvalue weighted by atomic mass is 9.99. The summed E-state index contributed by atoms with van der Waals surface area (Å²) in [4.78, 5) is 52.1. The number of carbonyl (C=O) groups is 4. The van der Waals surface area contributed by atoms with Crippen LogP contribution in [0.1, 0.15) is 64.2 Å². The van der Waals surface area contributed by atoms with Crippen LogP contribution in [0.15, 0.2) is 48.5 Å². The van der Waals surface area contributed by atoms with E-state index < -0.39 is 29.2 Å². The van der Waals surface area contributed by atoms with Crippen LogP contribution in [0.2, 0.25) is 0 Å². The quantitative estimate of drug-likeness (QED) is 0.489. The third kappa shape index (κ3) is 8.33. The average molecular weight is 523 g/mol. The lowest BCUT2D eigenvalue weighted by Gasteiger charge is -2.30. The Labute approximate surface area is 224 Å². The Hall–Kier alpha value is -3.88. The van der Waals surface area contributed by atoms with Gasteiger partial charge in [-0.15, -0.1) is 0 Å². The molecule has 0 spiro atoms. The number of nitrogens with zero attached hydrogens (tertiary/aromatic N) is 1. The van der Waals surface area contributed by atoms with E-state index in [9.17, 15) is 19.2 Å². The molecule has 204 valence electrons. The second-order valence-corrected chi connectivity index (χ2v) is 11.4. The Morgan fingerprint density at radius 2 is 1.71 bits per heavy atom. The van der Waals surface area contributed by atoms with Crippen LogP contribution in [-0.4, -0.2) is 41.0 Å². The molecule has 1 atom stereocenters. The summed E-state index contributed by atoms with van der Waals surface area (Å²) in [6, 6.07) is 14.4. The second kappa shape index (κ2) is 11.7. The van der Waals surface area contributed by atoms with Gasteiger partial charge >= 0.3 is 6.09 Å². The van der Waals surface area contributed by atoms with Crippen molar-refractivity contribution in [3.05, 3.63) is 65.2 Å². The first-order valence-electron chi connectivity index (χ1n) is 12.8. The van der Waals surface area contributed by atoms with Crippen LogP contribution in [0.25, 0.3) is 0 Å². The molecule has 2 aromatic rings. The van der Waals surface area contributed by atoms with Crippen molar-refractivity contribution < 1.29 is 23.9 Å². The van der Waals surface area contributed by atoms with Crippen LogP contribution >= 0.6 is 0 Å². The molecular weight excluding hydrogens is 484 g/mol. The standard InChI is InChI=1S/C29H38N4O5/c1-28(2,3)38-27(37)32-29(4,5)17-25(35)31-22-14-13-21-11-6-7-12-23(21)33(26(22)36)18-20-10-8-9-19(15-20)16-24(30)34/h6-12,15,22H,13-14,16-18H2,1-5H3,(H2,30,34)(H,31,35)(H,32,37)/t22-/m1/s1. The minimum absolute atomic E-state index is 0.0296. The molecule has 1 heterocycles. The molecule has 4 amide bonds. The summed E-state index contributed by atoms with van der Waals surface area (Å²) in [5, 5.41) is 5.62. The molecule has 0 unspecified atom stereocenters. The zero-order chi connectivity index (χ0) is 28.1. The fourth-order valence-electron chi connectivity index (χ4n) is 4.51. The molecule has 1 aliphatic heterocycles. The van der Waals surface area contributed by atoms with E-state index in [2.05, 4.69) is 10.6 Å². The minimum Gasteiger partial charge on any atom is -0.444 e. The lowest BCUT2D eigenvalue weighted by molar-refractivity contribution is -0.128. The maximum atomic E-state index is 13.8. The number of amides is 4. The van der Waals surface area contributed by atoms with Crippen molar-refractivity contribution in [1.82, 2.24) is 10.6 Å². The van der Waals surface area contributed by atoms with E-state index in [4.69, 9.17) is 10.5 Å². The van der Waals surface area contributed by atoms with Gasteiger partial charge in [0.15, 0.2) is 0 Å². The van der Waals surface area contributed by atoms with Crippen molar-refractivity contribution >= 4 is 29.5 Å². The molecule has 0 aromatic heterocycles. The highest BCUT2D eigenvalue weighted by molar-refractivity contribution is 6.00. The van der Waals surface area contributed by atoms with Crippen molar-refractivity contribution in [3.63, 3.8) is 0 Å². The smallest absolute Gasteiger partial charge is 0.408 e. The summed E-state index contributed by atoms with van der Waals surface area (Å²) in [6.07, 6.45) is 0.535. The number of fused-ring (bicyclic) bond motifs is 1. The van der Waals surface area contributed by atoms with Crippen molar-refractivity contribution in [3.8, 4) is 0 Å². The molecule has 9 heteroatoms. The summed E-state index contributed by atoms with van der Waals surface area (Å²) in [5.74, 6) is -0.995. The van der Waals surface area contributed by atoms with E-state index in [-0.39, 0.29) is 31.2 Å². The lowest BCUT2D eigenvalue weighted by Crippen LogP contribution is -2.52. The largest absolute Gasteiger partial charge is 0.444 e. The first-order chi connectivity index (χ1) is 17.7. The molecule has 0 bridgehead atoms. The van der Waals surface area contributed by atoms with Crippen LogP contribution in [-0.2, 0) is 38.5 Å². The van der Waals surface area contributed by atoms with Crippen LogP contribution in [0, 0.1) is 0 Å². The summed E-state index contributed by atoms with van der Waals surface area (Å²) < 4.78 is 5.31. The number of carbonyl (C=O) groups excluding carboxylic acids is 4. The summed E-state index contributed by atoms with van der Waals surface area (Å²) in [5.41, 5.74) is 7.23. The third-order valence-electron chi connectivity index (χ3n) is 6.04. The number of benzene rings is 2. The molecule has 9 nitrogen and oxygen atoms in total. The Morgan fingerprint density at radius 3 is 2.39 bits per heavy atom. The van der Waals surface area contributed by atoms with Gasteiger partial charge in [0.05, 0.1) is 13.0 Å². The average Bonchev–Trinajstić information content (AvgIpc) is 2.89. The number of aryl methyl sites for hydroxylation is 1. The zero-order valence-corrected chi connectivity index (χ0v) is 22.8. The highest BCUT2D eigenvalue weighted by atomic mass is 16.6. The van der Waals surface area contributed by atoms with Gasteiger partial charge in [0.2, 0.25) is 17.7 Å². The number of nitrogens with two attached hydrogens (primary N) is 1. The van der Waals surface area contributed by atoms with E-state index in [1.807, 2.05) is 48.5 Å². The number of ether oxygens (including phenoxy) is 1. The van der Waals surface area contributed by atoms with E-state index in [0.29, 0.717) is 12.8 Å². The molecule has 0 aliphatic carbocycles. The van der Waals surface area contributed by atoms with Crippen molar-refractivity contribution in [2.24, 2.45) is 5.73 Å². The van der Waals surface area contributed by atoms with E-state index >= 15 is 0 Å². The molecule has 1 aliphatic rings. The van der Waals surface area contributed by atoms with Crippen molar-refractivity contribution in [1.29, 1.82) is 0 Å². The number of primary amides is 1. The molecule has 3 rings (SSSR count). The SMILES string of the molecule is CC(C)(CC(=O)N[C@@H]1CCc2ccccc2N(Cc2cccc(CC(N)=O)c2)C1=O)NC(=O)OC(C)(C)C.